The van der Waals surface area contributed by atoms with Crippen molar-refractivity contribution in [2.75, 3.05) is 26.2 Å². The summed E-state index contributed by atoms with van der Waals surface area (Å²) >= 11 is 0. The molecule has 15 heteroatoms. The summed E-state index contributed by atoms with van der Waals surface area (Å²) in [5, 5.41) is 0. The molecular formula is C47H87Cl8N4V3-3. The predicted molar refractivity (Wildman–Crippen MR) is 235 cm³/mol. The van der Waals surface area contributed by atoms with Gasteiger partial charge in [0.15, 0.2) is 0 Å². The van der Waals surface area contributed by atoms with E-state index in [0.29, 0.717) is 26.2 Å². The first-order chi connectivity index (χ1) is 25.2. The molecule has 62 heavy (non-hydrogen) atoms. The Labute approximate surface area is 473 Å². The number of allylic oxidation sites excluding steroid dienone is 12. The van der Waals surface area contributed by atoms with Crippen molar-refractivity contribution < 1.29 is 155 Å². The van der Waals surface area contributed by atoms with Crippen LogP contribution in [0.4, 0.5) is 0 Å². The molecule has 3 aliphatic rings. The molecule has 369 valence electrons. The van der Waals surface area contributed by atoms with Gasteiger partial charge in [0.2, 0.25) is 0 Å². The maximum absolute atomic E-state index is 6.88. The number of hydrogen-bond acceptors (Lipinski definition) is 0. The zero-order chi connectivity index (χ0) is 38.4. The summed E-state index contributed by atoms with van der Waals surface area (Å²) in [6, 6.07) is 0. The Morgan fingerprint density at radius 3 is 0.548 bits per heavy atom. The van der Waals surface area contributed by atoms with Crippen molar-refractivity contribution in [3.8, 4) is 0 Å². The third-order valence-electron chi connectivity index (χ3n) is 7.88. The van der Waals surface area contributed by atoms with Crippen LogP contribution in [0.1, 0.15) is 201 Å². The van der Waals surface area contributed by atoms with E-state index in [4.69, 9.17) is 22.9 Å². The second kappa shape index (κ2) is 120. The summed E-state index contributed by atoms with van der Waals surface area (Å²) < 4.78 is 0. The van der Waals surface area contributed by atoms with E-state index in [2.05, 4.69) is 64.2 Å². The number of halogens is 8. The average molecular weight is 1140 g/mol. The molecule has 0 fully saturated rings. The quantitative estimate of drug-likeness (QED) is 0.0681. The molecule has 0 aromatic rings. The van der Waals surface area contributed by atoms with Crippen LogP contribution in [-0.2, 0) is 55.7 Å². The first-order valence-corrected chi connectivity index (χ1v) is 21.4. The Hall–Kier alpha value is 2.35. The van der Waals surface area contributed by atoms with Crippen molar-refractivity contribution in [2.45, 2.75) is 201 Å². The minimum atomic E-state index is 0. The smallest absolute Gasteiger partial charge is 1.00 e. The first kappa shape index (κ1) is 106. The van der Waals surface area contributed by atoms with E-state index in [9.17, 15) is 0 Å². The molecule has 4 N–H and O–H groups in total. The SMILES string of the molecule is CCCCCCCC[NH-].CCCCCCCC[NH-].CCCCCCCC[NH-].CCCCCCCC[NH-].[C-]1=CC=CC1.[C-]1=CC=CC1.[C-]1=CC=CC1.[Cl-].[Cl-].[Cl-].[Cl-].[Cl-].[Cl-].[Cl-].[Cl-].[V+4].[V+4].[V+4]. The second-order valence-corrected chi connectivity index (χ2v) is 13.1. The van der Waals surface area contributed by atoms with Gasteiger partial charge in [-0.25, -0.2) is 36.5 Å². The molecule has 0 saturated heterocycles. The van der Waals surface area contributed by atoms with Crippen molar-refractivity contribution in [2.24, 2.45) is 0 Å². The Bertz CT molecular complexity index is 609. The van der Waals surface area contributed by atoms with Gasteiger partial charge in [0.25, 0.3) is 0 Å². The van der Waals surface area contributed by atoms with Crippen LogP contribution >= 0.6 is 0 Å². The van der Waals surface area contributed by atoms with Crippen molar-refractivity contribution in [1.29, 1.82) is 0 Å². The number of unbranched alkanes of at least 4 members (excludes halogenated alkanes) is 20. The van der Waals surface area contributed by atoms with Crippen LogP contribution in [0.15, 0.2) is 54.7 Å². The van der Waals surface area contributed by atoms with Gasteiger partial charge in [0.05, 0.1) is 0 Å². The third kappa shape index (κ3) is 137. The second-order valence-electron chi connectivity index (χ2n) is 13.1. The van der Waals surface area contributed by atoms with Gasteiger partial charge < -0.3 is 122 Å². The molecule has 0 aromatic heterocycles. The fourth-order valence-electron chi connectivity index (χ4n) is 4.64. The molecular weight excluding hydrogens is 1060 g/mol. The van der Waals surface area contributed by atoms with Crippen LogP contribution < -0.4 is 99.3 Å². The number of rotatable bonds is 24. The van der Waals surface area contributed by atoms with E-state index in [1.54, 1.807) is 0 Å². The summed E-state index contributed by atoms with van der Waals surface area (Å²) in [6.07, 6.45) is 61.1. The van der Waals surface area contributed by atoms with Crippen LogP contribution in [0, 0.1) is 18.2 Å². The minimum Gasteiger partial charge on any atom is -1.00 e. The molecule has 0 unspecified atom stereocenters. The summed E-state index contributed by atoms with van der Waals surface area (Å²) in [7, 11) is 0. The van der Waals surface area contributed by atoms with Crippen molar-refractivity contribution in [3.05, 3.63) is 95.8 Å². The molecule has 3 rings (SSSR count). The Kier molecular flexibility index (Phi) is 205. The Morgan fingerprint density at radius 1 is 0.290 bits per heavy atom. The maximum Gasteiger partial charge on any atom is 4.00 e. The van der Waals surface area contributed by atoms with Gasteiger partial charge in [0.1, 0.15) is 0 Å². The zero-order valence-corrected chi connectivity index (χ0v) is 49.2. The average Bonchev–Trinajstić information content (AvgIpc) is 4.00. The van der Waals surface area contributed by atoms with E-state index >= 15 is 0 Å². The predicted octanol–water partition coefficient (Wildman–Crippen LogP) is -6.46. The van der Waals surface area contributed by atoms with Gasteiger partial charge in [0, 0.05) is 0 Å². The van der Waals surface area contributed by atoms with Crippen molar-refractivity contribution in [3.63, 3.8) is 0 Å². The number of hydrogen-bond donors (Lipinski definition) is 0. The van der Waals surface area contributed by atoms with Gasteiger partial charge in [-0.3, -0.25) is 18.2 Å². The molecule has 0 bridgehead atoms. The minimum absolute atomic E-state index is 0. The maximum atomic E-state index is 6.88. The molecule has 3 aliphatic carbocycles. The molecule has 0 aliphatic heterocycles. The molecule has 0 amide bonds. The van der Waals surface area contributed by atoms with Gasteiger partial charge in [-0.15, -0.1) is 19.3 Å². The van der Waals surface area contributed by atoms with E-state index in [0.717, 1.165) is 44.9 Å². The normalized spacial score (nSPS) is 10.1. The van der Waals surface area contributed by atoms with Gasteiger partial charge in [-0.1, -0.05) is 182 Å². The van der Waals surface area contributed by atoms with Crippen molar-refractivity contribution in [1.82, 2.24) is 0 Å². The molecule has 0 aromatic carbocycles. The molecule has 4 nitrogen and oxygen atoms in total. The van der Waals surface area contributed by atoms with Gasteiger partial charge >= 0.3 is 55.7 Å². The largest absolute Gasteiger partial charge is 4.00 e. The first-order valence-electron chi connectivity index (χ1n) is 21.4. The zero-order valence-electron chi connectivity index (χ0n) is 39.0. The molecule has 0 saturated carbocycles. The summed E-state index contributed by atoms with van der Waals surface area (Å²) in [6.45, 7) is 11.4. The van der Waals surface area contributed by atoms with Crippen LogP contribution in [0.25, 0.3) is 22.9 Å². The molecule has 0 spiro atoms. The van der Waals surface area contributed by atoms with E-state index in [-0.39, 0.29) is 155 Å². The topological polar surface area (TPSA) is 95.2 Å². The monoisotopic (exact) mass is 1140 g/mol. The van der Waals surface area contributed by atoms with Crippen molar-refractivity contribution >= 4 is 0 Å². The van der Waals surface area contributed by atoms with E-state index in [1.807, 2.05) is 36.5 Å². The van der Waals surface area contributed by atoms with E-state index in [1.165, 1.54) is 128 Å². The third-order valence-corrected chi connectivity index (χ3v) is 7.88. The fourth-order valence-corrected chi connectivity index (χ4v) is 4.64. The van der Waals surface area contributed by atoms with Gasteiger partial charge in [-0.2, -0.15) is 44.4 Å². The fraction of sp³-hybridized carbons (Fsp3) is 0.745. The van der Waals surface area contributed by atoms with Crippen LogP contribution in [0.2, 0.25) is 0 Å². The van der Waals surface area contributed by atoms with E-state index < -0.39 is 0 Å². The van der Waals surface area contributed by atoms with Gasteiger partial charge in [-0.05, 0) is 0 Å². The summed E-state index contributed by atoms with van der Waals surface area (Å²) in [5.41, 5.74) is 27.5. The van der Waals surface area contributed by atoms with Crippen LogP contribution in [0.5, 0.6) is 0 Å². The van der Waals surface area contributed by atoms with Crippen LogP contribution in [-0.4, -0.2) is 26.2 Å². The molecule has 0 heterocycles. The van der Waals surface area contributed by atoms with Crippen LogP contribution in [0.3, 0.4) is 0 Å². The standard InChI is InChI=1S/4C8H18N.3C5H5.8ClH.3V/c4*1-2-3-4-5-6-7-8-9;3*1-2-4-5-3-1;;;;;;;;;;;/h4*9H,2-8H2,1H3;3*1-3H,4H2;8*1H;;;/q7*-1;;;;;;;;;3*+4/p-8. The summed E-state index contributed by atoms with van der Waals surface area (Å²) in [5.74, 6) is 0. The Balaban J connectivity index is -0.0000000313. The molecule has 0 atom stereocenters. The Morgan fingerprint density at radius 2 is 0.452 bits per heavy atom. The number of nitrogens with one attached hydrogen (secondary N) is 4. The summed E-state index contributed by atoms with van der Waals surface area (Å²) in [4.78, 5) is 0. The molecule has 3 radical (unpaired) electrons.